The highest BCUT2D eigenvalue weighted by atomic mass is 35.5. The molecule has 0 unspecified atom stereocenters. The zero-order valence-corrected chi connectivity index (χ0v) is 23.2. The first-order chi connectivity index (χ1) is 18.3. The van der Waals surface area contributed by atoms with E-state index < -0.39 is 35.8 Å². The zero-order chi connectivity index (χ0) is 26.7. The molecule has 6 rings (SSSR count). The Hall–Kier alpha value is -2.62. The molecule has 3 heterocycles. The highest BCUT2D eigenvalue weighted by Gasteiger charge is 2.61. The molecular weight excluding hydrogens is 571 g/mol. The number of ether oxygens (including phenoxy) is 1. The maximum absolute atomic E-state index is 14.1. The van der Waals surface area contributed by atoms with Crippen molar-refractivity contribution in [1.29, 1.82) is 0 Å². The molecule has 38 heavy (non-hydrogen) atoms. The maximum Gasteiger partial charge on any atom is 0.341 e. The number of hydrogen-bond acceptors (Lipinski definition) is 7. The van der Waals surface area contributed by atoms with Gasteiger partial charge in [0.2, 0.25) is 5.91 Å². The lowest BCUT2D eigenvalue weighted by molar-refractivity contribution is -0.126. The van der Waals surface area contributed by atoms with Crippen LogP contribution in [-0.2, 0) is 32.0 Å². The number of esters is 1. The van der Waals surface area contributed by atoms with Gasteiger partial charge in [0.05, 0.1) is 24.4 Å². The third kappa shape index (κ3) is 4.01. The van der Waals surface area contributed by atoms with Gasteiger partial charge in [0.15, 0.2) is 6.10 Å². The van der Waals surface area contributed by atoms with Crippen LogP contribution in [0.2, 0.25) is 15.1 Å². The number of imide groups is 1. The first-order valence-corrected chi connectivity index (χ1v) is 14.0. The molecule has 0 bridgehead atoms. The number of thiophene rings is 1. The van der Waals surface area contributed by atoms with Crippen molar-refractivity contribution >= 4 is 74.6 Å². The van der Waals surface area contributed by atoms with Gasteiger partial charge in [-0.25, -0.2) is 14.8 Å². The predicted octanol–water partition coefficient (Wildman–Crippen LogP) is 6.42. The summed E-state index contributed by atoms with van der Waals surface area (Å²) in [5.41, 5.74) is 2.35. The number of nitrogens with zero attached hydrogens (tertiary/aromatic N) is 2. The SMILES string of the molecule is COC(=O)c1c(N2C(=O)[C@H]3[C@@H](c4ccc(Cl)cc4Cl)N(c4ccc(Cl)cc4)O[C@H]3C2=O)sc2c1CCCC2. The quantitative estimate of drug-likeness (QED) is 0.257. The van der Waals surface area contributed by atoms with Gasteiger partial charge >= 0.3 is 5.97 Å². The molecular formula is C27H21Cl3N2O5S. The van der Waals surface area contributed by atoms with Crippen molar-refractivity contribution in [3.8, 4) is 0 Å². The fourth-order valence-corrected chi connectivity index (χ4v) is 7.54. The number of benzene rings is 2. The molecule has 7 nitrogen and oxygen atoms in total. The highest BCUT2D eigenvalue weighted by molar-refractivity contribution is 7.17. The van der Waals surface area contributed by atoms with E-state index in [2.05, 4.69) is 0 Å². The molecule has 196 valence electrons. The number of amides is 2. The lowest BCUT2D eigenvalue weighted by Gasteiger charge is -2.29. The van der Waals surface area contributed by atoms with Crippen molar-refractivity contribution < 1.29 is 24.0 Å². The van der Waals surface area contributed by atoms with Crippen LogP contribution in [0, 0.1) is 5.92 Å². The summed E-state index contributed by atoms with van der Waals surface area (Å²) in [4.78, 5) is 49.2. The third-order valence-corrected chi connectivity index (χ3v) is 9.31. The Kier molecular flexibility index (Phi) is 6.64. The van der Waals surface area contributed by atoms with Crippen LogP contribution < -0.4 is 9.96 Å². The summed E-state index contributed by atoms with van der Waals surface area (Å²) in [5.74, 6) is -2.47. The fraction of sp³-hybridized carbons (Fsp3) is 0.296. The summed E-state index contributed by atoms with van der Waals surface area (Å²) in [7, 11) is 1.30. The summed E-state index contributed by atoms with van der Waals surface area (Å²) in [5, 5.41) is 3.15. The van der Waals surface area contributed by atoms with Gasteiger partial charge in [-0.3, -0.25) is 14.4 Å². The van der Waals surface area contributed by atoms with Crippen LogP contribution in [0.15, 0.2) is 42.5 Å². The van der Waals surface area contributed by atoms with Crippen molar-refractivity contribution in [1.82, 2.24) is 0 Å². The molecule has 0 radical (unpaired) electrons. The monoisotopic (exact) mass is 590 g/mol. The molecule has 2 fully saturated rings. The minimum absolute atomic E-state index is 0.296. The van der Waals surface area contributed by atoms with Crippen molar-refractivity contribution in [3.63, 3.8) is 0 Å². The second kappa shape index (κ2) is 9.84. The van der Waals surface area contributed by atoms with E-state index in [1.807, 2.05) is 0 Å². The molecule has 2 aromatic carbocycles. The minimum atomic E-state index is -1.11. The molecule has 2 amide bonds. The van der Waals surface area contributed by atoms with Crippen LogP contribution in [0.1, 0.15) is 45.2 Å². The van der Waals surface area contributed by atoms with Gasteiger partial charge in [0.25, 0.3) is 5.91 Å². The van der Waals surface area contributed by atoms with E-state index in [9.17, 15) is 14.4 Å². The van der Waals surface area contributed by atoms with Crippen LogP contribution in [-0.4, -0.2) is 31.0 Å². The Bertz CT molecular complexity index is 1470. The third-order valence-electron chi connectivity index (χ3n) is 7.22. The van der Waals surface area contributed by atoms with E-state index in [4.69, 9.17) is 44.4 Å². The molecule has 0 N–H and O–H groups in total. The highest BCUT2D eigenvalue weighted by Crippen LogP contribution is 2.51. The zero-order valence-electron chi connectivity index (χ0n) is 20.1. The van der Waals surface area contributed by atoms with E-state index >= 15 is 0 Å². The summed E-state index contributed by atoms with van der Waals surface area (Å²) in [6.45, 7) is 0. The van der Waals surface area contributed by atoms with Crippen LogP contribution >= 0.6 is 46.1 Å². The van der Waals surface area contributed by atoms with Crippen LogP contribution in [0.3, 0.4) is 0 Å². The number of carbonyl (C=O) groups is 3. The summed E-state index contributed by atoms with van der Waals surface area (Å²) >= 11 is 20.2. The molecule has 11 heteroatoms. The average Bonchev–Trinajstić information content (AvgIpc) is 3.54. The van der Waals surface area contributed by atoms with E-state index in [1.165, 1.54) is 23.5 Å². The Balaban J connectivity index is 1.46. The van der Waals surface area contributed by atoms with Crippen molar-refractivity contribution in [2.75, 3.05) is 17.1 Å². The number of rotatable bonds is 4. The van der Waals surface area contributed by atoms with Crippen molar-refractivity contribution in [2.45, 2.75) is 37.8 Å². The number of methoxy groups -OCH3 is 1. The van der Waals surface area contributed by atoms with Gasteiger partial charge in [0.1, 0.15) is 10.9 Å². The Labute approximate surface area is 237 Å². The first-order valence-electron chi connectivity index (χ1n) is 12.1. The van der Waals surface area contributed by atoms with E-state index in [0.717, 1.165) is 34.6 Å². The predicted molar refractivity (Wildman–Crippen MR) is 146 cm³/mol. The molecule has 3 aliphatic rings. The van der Waals surface area contributed by atoms with E-state index in [1.54, 1.807) is 42.5 Å². The summed E-state index contributed by atoms with van der Waals surface area (Å²) < 4.78 is 5.07. The standard InChI is InChI=1S/C27H21Cl3N2O5S/c1-36-27(35)20-17-4-2-3-5-19(17)38-26(20)31-24(33)21-22(16-11-8-14(29)12-18(16)30)32(37-23(21)25(31)34)15-9-6-13(28)7-10-15/h6-12,21-23H,2-5H2,1H3/t21-,22+,23+/m0/s1. The van der Waals surface area contributed by atoms with Gasteiger partial charge in [0, 0.05) is 19.9 Å². The van der Waals surface area contributed by atoms with Gasteiger partial charge in [-0.2, -0.15) is 0 Å². The second-order valence-corrected chi connectivity index (χ2v) is 11.7. The first kappa shape index (κ1) is 25.6. The lowest BCUT2D eigenvalue weighted by Crippen LogP contribution is -2.37. The van der Waals surface area contributed by atoms with Crippen LogP contribution in [0.5, 0.6) is 0 Å². The Morgan fingerprint density at radius 3 is 2.42 bits per heavy atom. The molecule has 3 atom stereocenters. The van der Waals surface area contributed by atoms with Crippen LogP contribution in [0.4, 0.5) is 10.7 Å². The molecule has 1 aromatic heterocycles. The minimum Gasteiger partial charge on any atom is -0.465 e. The number of anilines is 2. The second-order valence-electron chi connectivity index (χ2n) is 9.36. The molecule has 3 aromatic rings. The molecule has 2 saturated heterocycles. The maximum atomic E-state index is 14.1. The normalized spacial score (nSPS) is 22.6. The van der Waals surface area contributed by atoms with E-state index in [-0.39, 0.29) is 0 Å². The van der Waals surface area contributed by atoms with Crippen LogP contribution in [0.25, 0.3) is 0 Å². The van der Waals surface area contributed by atoms with Gasteiger partial charge in [-0.1, -0.05) is 40.9 Å². The fourth-order valence-electron chi connectivity index (χ4n) is 5.51. The van der Waals surface area contributed by atoms with Gasteiger partial charge in [-0.05, 0) is 73.2 Å². The smallest absolute Gasteiger partial charge is 0.341 e. The number of carbonyl (C=O) groups excluding carboxylic acids is 3. The van der Waals surface area contributed by atoms with Crippen molar-refractivity contribution in [2.24, 2.45) is 5.92 Å². The molecule has 0 saturated carbocycles. The molecule has 1 aliphatic carbocycles. The summed E-state index contributed by atoms with van der Waals surface area (Å²) in [6, 6.07) is 11.2. The largest absolute Gasteiger partial charge is 0.465 e. The molecule has 0 spiro atoms. The van der Waals surface area contributed by atoms with E-state index in [0.29, 0.717) is 43.3 Å². The number of hydroxylamine groups is 1. The van der Waals surface area contributed by atoms with Crippen molar-refractivity contribution in [3.05, 3.63) is 79.1 Å². The average molecular weight is 592 g/mol. The Morgan fingerprint density at radius 2 is 1.71 bits per heavy atom. The van der Waals surface area contributed by atoms with Gasteiger partial charge < -0.3 is 4.74 Å². The lowest BCUT2D eigenvalue weighted by atomic mass is 9.90. The number of halogens is 3. The number of hydrogen-bond donors (Lipinski definition) is 0. The Morgan fingerprint density at radius 1 is 1.00 bits per heavy atom. The topological polar surface area (TPSA) is 76.2 Å². The van der Waals surface area contributed by atoms with Gasteiger partial charge in [-0.15, -0.1) is 11.3 Å². The number of aryl methyl sites for hydroxylation is 1. The number of fused-ring (bicyclic) bond motifs is 2. The molecule has 2 aliphatic heterocycles. The summed E-state index contributed by atoms with van der Waals surface area (Å²) in [6.07, 6.45) is 2.29.